The number of nitrogens with zero attached hydrogens (tertiary/aromatic N) is 4. The fourth-order valence-electron chi connectivity index (χ4n) is 3.90. The van der Waals surface area contributed by atoms with E-state index in [-0.39, 0.29) is 32.1 Å². The minimum Gasteiger partial charge on any atom is -0.465 e. The summed E-state index contributed by atoms with van der Waals surface area (Å²) in [6.45, 7) is 0.583. The predicted molar refractivity (Wildman–Crippen MR) is 134 cm³/mol. The van der Waals surface area contributed by atoms with E-state index in [1.807, 2.05) is 6.07 Å². The summed E-state index contributed by atoms with van der Waals surface area (Å²) in [4.78, 5) is 17.0. The first-order chi connectivity index (χ1) is 17.6. The first-order valence-corrected chi connectivity index (χ1v) is 13.8. The second-order valence-electron chi connectivity index (χ2n) is 8.01. The van der Waals surface area contributed by atoms with Crippen LogP contribution in [-0.2, 0) is 31.3 Å². The van der Waals surface area contributed by atoms with Gasteiger partial charge in [0.2, 0.25) is 10.0 Å². The Morgan fingerprint density at radius 2 is 1.68 bits per heavy atom. The van der Waals surface area contributed by atoms with Crippen molar-refractivity contribution in [3.05, 3.63) is 89.7 Å². The first-order valence-electron chi connectivity index (χ1n) is 10.9. The fraction of sp³-hybridized carbons (Fsp3) is 0.160. The molecule has 0 atom stereocenters. The van der Waals surface area contributed by atoms with Crippen molar-refractivity contribution in [1.82, 2.24) is 13.3 Å². The minimum atomic E-state index is -4.35. The number of ether oxygens (including phenoxy) is 1. The van der Waals surface area contributed by atoms with E-state index in [9.17, 15) is 26.9 Å². The molecule has 0 N–H and O–H groups in total. The average molecular weight is 539 g/mol. The second kappa shape index (κ2) is 10.1. The van der Waals surface area contributed by atoms with Gasteiger partial charge in [-0.15, -0.1) is 0 Å². The van der Waals surface area contributed by atoms with E-state index in [4.69, 9.17) is 4.74 Å². The lowest BCUT2D eigenvalue weighted by molar-refractivity contribution is 0.0601. The van der Waals surface area contributed by atoms with Gasteiger partial charge >= 0.3 is 5.97 Å². The Labute approximate surface area is 214 Å². The molecule has 2 heterocycles. The lowest BCUT2D eigenvalue weighted by atomic mass is 10.1. The summed E-state index contributed by atoms with van der Waals surface area (Å²) in [6.07, 6.45) is 1.36. The third-order valence-electron chi connectivity index (χ3n) is 5.69. The van der Waals surface area contributed by atoms with Crippen molar-refractivity contribution in [1.29, 1.82) is 5.26 Å². The largest absolute Gasteiger partial charge is 0.465 e. The highest BCUT2D eigenvalue weighted by Crippen LogP contribution is 2.32. The molecule has 37 heavy (non-hydrogen) atoms. The highest BCUT2D eigenvalue weighted by atomic mass is 32.2. The summed E-state index contributed by atoms with van der Waals surface area (Å²) >= 11 is 0. The Morgan fingerprint density at radius 3 is 2.30 bits per heavy atom. The van der Waals surface area contributed by atoms with Gasteiger partial charge in [-0.3, -0.25) is 0 Å². The molecule has 10 nitrogen and oxygen atoms in total. The Hall–Kier alpha value is -4.05. The number of hydrogen-bond donors (Lipinski definition) is 0. The van der Waals surface area contributed by atoms with Crippen LogP contribution in [0.5, 0.6) is 0 Å². The van der Waals surface area contributed by atoms with Crippen molar-refractivity contribution in [3.8, 4) is 6.07 Å². The lowest BCUT2D eigenvalue weighted by Crippen LogP contribution is -2.33. The number of aromatic nitrogens is 2. The molecule has 0 aliphatic rings. The topological polar surface area (TPSA) is 139 Å². The van der Waals surface area contributed by atoms with E-state index >= 15 is 0 Å². The number of benzene rings is 2. The van der Waals surface area contributed by atoms with E-state index in [1.165, 1.54) is 54.7 Å². The summed E-state index contributed by atoms with van der Waals surface area (Å²) in [6, 6.07) is 18.3. The maximum absolute atomic E-state index is 13.8. The summed E-state index contributed by atoms with van der Waals surface area (Å²) in [5.41, 5.74) is 0.396. The molecule has 0 spiro atoms. The Morgan fingerprint density at radius 1 is 1.00 bits per heavy atom. The lowest BCUT2D eigenvalue weighted by Gasteiger charge is -2.21. The van der Waals surface area contributed by atoms with Crippen molar-refractivity contribution in [2.75, 3.05) is 13.7 Å². The molecule has 4 rings (SSSR count). The van der Waals surface area contributed by atoms with Gasteiger partial charge in [0.05, 0.1) is 40.8 Å². The molecular formula is C25H22N4O6S2. The summed E-state index contributed by atoms with van der Waals surface area (Å²) < 4.78 is 61.3. The van der Waals surface area contributed by atoms with Gasteiger partial charge in [-0.25, -0.2) is 30.6 Å². The zero-order chi connectivity index (χ0) is 26.8. The van der Waals surface area contributed by atoms with Gasteiger partial charge < -0.3 is 4.74 Å². The van der Waals surface area contributed by atoms with E-state index in [0.29, 0.717) is 0 Å². The SMILES string of the molecule is COC(=O)c1c(CN(CC#N)S(=O)(=O)c2ccc(C)cc2)n(S(=O)(=O)c2ccccc2)c2ncccc12. The molecule has 0 aliphatic carbocycles. The molecule has 0 aliphatic heterocycles. The van der Waals surface area contributed by atoms with Gasteiger partial charge in [-0.2, -0.15) is 9.57 Å². The molecule has 12 heteroatoms. The maximum Gasteiger partial charge on any atom is 0.340 e. The number of carbonyl (C=O) groups excluding carboxylic acids is 1. The molecule has 0 saturated heterocycles. The number of carbonyl (C=O) groups is 1. The minimum absolute atomic E-state index is 0.0774. The number of rotatable bonds is 8. The third kappa shape index (κ3) is 4.72. The molecule has 2 aromatic carbocycles. The summed E-state index contributed by atoms with van der Waals surface area (Å²) in [5.74, 6) is -0.875. The van der Waals surface area contributed by atoms with Gasteiger partial charge in [0.1, 0.15) is 6.54 Å². The Balaban J connectivity index is 2.01. The number of esters is 1. The van der Waals surface area contributed by atoms with Gasteiger partial charge in [0.15, 0.2) is 5.65 Å². The van der Waals surface area contributed by atoms with E-state index in [0.717, 1.165) is 21.0 Å². The number of hydrogen-bond acceptors (Lipinski definition) is 8. The van der Waals surface area contributed by atoms with E-state index in [2.05, 4.69) is 4.98 Å². The van der Waals surface area contributed by atoms with Crippen molar-refractivity contribution >= 4 is 37.0 Å². The number of sulfonamides is 1. The number of nitriles is 1. The average Bonchev–Trinajstić information content (AvgIpc) is 3.23. The molecule has 0 radical (unpaired) electrons. The third-order valence-corrected chi connectivity index (χ3v) is 9.23. The fourth-order valence-corrected chi connectivity index (χ4v) is 6.72. The molecule has 0 fully saturated rings. The molecule has 190 valence electrons. The first kappa shape index (κ1) is 26.0. The van der Waals surface area contributed by atoms with Gasteiger partial charge in [0.25, 0.3) is 10.0 Å². The van der Waals surface area contributed by atoms with Gasteiger partial charge in [0, 0.05) is 11.6 Å². The molecule has 0 bridgehead atoms. The molecule has 2 aromatic heterocycles. The summed E-state index contributed by atoms with van der Waals surface area (Å²) in [5, 5.41) is 9.62. The van der Waals surface area contributed by atoms with Crippen LogP contribution >= 0.6 is 0 Å². The molecule has 0 unspecified atom stereocenters. The van der Waals surface area contributed by atoms with Crippen molar-refractivity contribution in [2.45, 2.75) is 23.3 Å². The van der Waals surface area contributed by atoms with Crippen molar-refractivity contribution in [3.63, 3.8) is 0 Å². The van der Waals surface area contributed by atoms with Crippen LogP contribution in [0.15, 0.2) is 82.7 Å². The zero-order valence-electron chi connectivity index (χ0n) is 19.9. The number of aryl methyl sites for hydroxylation is 1. The molecule has 0 amide bonds. The quantitative estimate of drug-likeness (QED) is 0.246. The second-order valence-corrected chi connectivity index (χ2v) is 11.7. The zero-order valence-corrected chi connectivity index (χ0v) is 21.5. The standard InChI is InChI=1S/C25H22N4O6S2/c1-18-10-12-20(13-11-18)36(31,32)28(16-14-26)17-22-23(25(30)35-2)21-9-6-15-27-24(21)29(22)37(33,34)19-7-4-3-5-8-19/h3-13,15H,16-17H2,1-2H3. The van der Waals surface area contributed by atoms with Crippen LogP contribution in [0.25, 0.3) is 11.0 Å². The van der Waals surface area contributed by atoms with E-state index in [1.54, 1.807) is 25.1 Å². The molecule has 0 saturated carbocycles. The number of methoxy groups -OCH3 is 1. The van der Waals surface area contributed by atoms with Crippen molar-refractivity contribution in [2.24, 2.45) is 0 Å². The van der Waals surface area contributed by atoms with Crippen LogP contribution in [0.1, 0.15) is 21.6 Å². The maximum atomic E-state index is 13.8. The smallest absolute Gasteiger partial charge is 0.340 e. The van der Waals surface area contributed by atoms with Crippen molar-refractivity contribution < 1.29 is 26.4 Å². The van der Waals surface area contributed by atoms with Crippen LogP contribution < -0.4 is 0 Å². The van der Waals surface area contributed by atoms with Gasteiger partial charge in [-0.1, -0.05) is 35.9 Å². The highest BCUT2D eigenvalue weighted by molar-refractivity contribution is 7.90. The van der Waals surface area contributed by atoms with Crippen LogP contribution in [0.3, 0.4) is 0 Å². The Kier molecular flexibility index (Phi) is 7.13. The molecule has 4 aromatic rings. The number of fused-ring (bicyclic) bond motifs is 1. The molecular weight excluding hydrogens is 516 g/mol. The summed E-state index contributed by atoms with van der Waals surface area (Å²) in [7, 11) is -7.48. The van der Waals surface area contributed by atoms with E-state index < -0.39 is 39.1 Å². The van der Waals surface area contributed by atoms with Crippen LogP contribution in [0.4, 0.5) is 0 Å². The normalized spacial score (nSPS) is 11.9. The Bertz CT molecular complexity index is 1720. The predicted octanol–water partition coefficient (Wildman–Crippen LogP) is 3.08. The monoisotopic (exact) mass is 538 g/mol. The highest BCUT2D eigenvalue weighted by Gasteiger charge is 2.34. The van der Waals surface area contributed by atoms with Crippen LogP contribution in [0.2, 0.25) is 0 Å². The van der Waals surface area contributed by atoms with Crippen LogP contribution in [0, 0.1) is 18.3 Å². The van der Waals surface area contributed by atoms with Crippen LogP contribution in [-0.4, -0.2) is 49.7 Å². The van der Waals surface area contributed by atoms with Gasteiger partial charge in [-0.05, 0) is 43.3 Å². The number of pyridine rings is 1.